The van der Waals surface area contributed by atoms with Crippen LogP contribution in [0.2, 0.25) is 0 Å². The van der Waals surface area contributed by atoms with Crippen LogP contribution >= 0.6 is 0 Å². The van der Waals surface area contributed by atoms with Gasteiger partial charge in [-0.1, -0.05) is 13.0 Å². The molecule has 4 N–H and O–H groups in total. The van der Waals surface area contributed by atoms with Crippen molar-refractivity contribution in [2.75, 3.05) is 0 Å². The van der Waals surface area contributed by atoms with E-state index in [0.29, 0.717) is 11.3 Å². The number of hydrogen-bond acceptors (Lipinski definition) is 5. The molecule has 0 aliphatic carbocycles. The third-order valence-corrected chi connectivity index (χ3v) is 3.78. The van der Waals surface area contributed by atoms with E-state index < -0.39 is 5.75 Å². The second-order valence-corrected chi connectivity index (χ2v) is 5.42. The van der Waals surface area contributed by atoms with Crippen molar-refractivity contribution < 1.29 is 25.2 Å². The average molecular weight is 288 g/mol. The topological polar surface area (TPSA) is 90.2 Å². The van der Waals surface area contributed by atoms with Crippen molar-refractivity contribution in [1.82, 2.24) is 0 Å². The third kappa shape index (κ3) is 2.31. The molecule has 21 heavy (non-hydrogen) atoms. The standard InChI is InChI=1S/C16H16O5/c1-8-4-9-2-3-11(17)7-14(9)21-16(8)10-5-12(18)15(20)13(19)6-10/h2-3,5-8,16-20H,4H2,1H3/t8-,16-/m0/s1. The number of fused-ring (bicyclic) bond motifs is 1. The molecular weight excluding hydrogens is 272 g/mol. The molecule has 1 aliphatic heterocycles. The number of phenols is 4. The molecule has 1 aliphatic rings. The van der Waals surface area contributed by atoms with Crippen molar-refractivity contribution in [2.24, 2.45) is 5.92 Å². The van der Waals surface area contributed by atoms with Crippen molar-refractivity contribution in [2.45, 2.75) is 19.4 Å². The molecule has 0 saturated carbocycles. The van der Waals surface area contributed by atoms with E-state index in [1.165, 1.54) is 12.1 Å². The molecule has 0 amide bonds. The normalized spacial score (nSPS) is 20.6. The number of rotatable bonds is 1. The third-order valence-electron chi connectivity index (χ3n) is 3.78. The van der Waals surface area contributed by atoms with Crippen molar-refractivity contribution >= 4 is 0 Å². The minimum Gasteiger partial charge on any atom is -0.508 e. The molecule has 0 spiro atoms. The summed E-state index contributed by atoms with van der Waals surface area (Å²) >= 11 is 0. The summed E-state index contributed by atoms with van der Waals surface area (Å²) in [7, 11) is 0. The van der Waals surface area contributed by atoms with Crippen LogP contribution in [0.15, 0.2) is 30.3 Å². The van der Waals surface area contributed by atoms with Gasteiger partial charge in [-0.2, -0.15) is 0 Å². The number of ether oxygens (including phenoxy) is 1. The highest BCUT2D eigenvalue weighted by molar-refractivity contribution is 5.52. The zero-order chi connectivity index (χ0) is 15.1. The smallest absolute Gasteiger partial charge is 0.200 e. The summed E-state index contributed by atoms with van der Waals surface area (Å²) in [4.78, 5) is 0. The number of benzene rings is 2. The Hall–Kier alpha value is -2.56. The molecule has 2 atom stereocenters. The van der Waals surface area contributed by atoms with Crippen LogP contribution in [0.25, 0.3) is 0 Å². The summed E-state index contributed by atoms with van der Waals surface area (Å²) in [5.41, 5.74) is 1.58. The molecular formula is C16H16O5. The fourth-order valence-corrected chi connectivity index (χ4v) is 2.71. The van der Waals surface area contributed by atoms with Crippen LogP contribution in [0.1, 0.15) is 24.2 Å². The zero-order valence-corrected chi connectivity index (χ0v) is 11.4. The summed E-state index contributed by atoms with van der Waals surface area (Å²) in [6.07, 6.45) is 0.375. The predicted molar refractivity (Wildman–Crippen MR) is 75.8 cm³/mol. The Morgan fingerprint density at radius 1 is 1.00 bits per heavy atom. The van der Waals surface area contributed by atoms with Crippen LogP contribution in [-0.2, 0) is 6.42 Å². The Morgan fingerprint density at radius 3 is 2.33 bits per heavy atom. The van der Waals surface area contributed by atoms with E-state index in [-0.39, 0.29) is 29.3 Å². The van der Waals surface area contributed by atoms with Gasteiger partial charge in [-0.05, 0) is 30.2 Å². The van der Waals surface area contributed by atoms with Gasteiger partial charge in [0.2, 0.25) is 0 Å². The summed E-state index contributed by atoms with van der Waals surface area (Å²) in [6.45, 7) is 2.00. The molecule has 2 aromatic rings. The van der Waals surface area contributed by atoms with Gasteiger partial charge in [0.05, 0.1) is 0 Å². The number of phenolic OH excluding ortho intramolecular Hbond substituents is 4. The first-order valence-electron chi connectivity index (χ1n) is 6.69. The largest absolute Gasteiger partial charge is 0.508 e. The van der Waals surface area contributed by atoms with E-state index in [4.69, 9.17) is 4.74 Å². The molecule has 1 heterocycles. The number of hydrogen-bond donors (Lipinski definition) is 4. The van der Waals surface area contributed by atoms with Crippen molar-refractivity contribution in [1.29, 1.82) is 0 Å². The molecule has 5 nitrogen and oxygen atoms in total. The van der Waals surface area contributed by atoms with Crippen molar-refractivity contribution in [3.05, 3.63) is 41.5 Å². The summed E-state index contributed by atoms with van der Waals surface area (Å²) in [6, 6.07) is 7.75. The van der Waals surface area contributed by atoms with Gasteiger partial charge in [0.25, 0.3) is 0 Å². The first kappa shape index (κ1) is 13.4. The molecule has 0 bridgehead atoms. The van der Waals surface area contributed by atoms with Gasteiger partial charge < -0.3 is 25.2 Å². The van der Waals surface area contributed by atoms with Crippen LogP contribution in [-0.4, -0.2) is 20.4 Å². The first-order valence-corrected chi connectivity index (χ1v) is 6.69. The Morgan fingerprint density at radius 2 is 1.67 bits per heavy atom. The highest BCUT2D eigenvalue weighted by atomic mass is 16.5. The Balaban J connectivity index is 2.00. The van der Waals surface area contributed by atoms with E-state index in [0.717, 1.165) is 12.0 Å². The lowest BCUT2D eigenvalue weighted by Gasteiger charge is -2.32. The van der Waals surface area contributed by atoms with Gasteiger partial charge in [-0.25, -0.2) is 0 Å². The molecule has 2 aromatic carbocycles. The molecule has 0 aromatic heterocycles. The highest BCUT2D eigenvalue weighted by Gasteiger charge is 2.29. The van der Waals surface area contributed by atoms with E-state index in [2.05, 4.69) is 0 Å². The van der Waals surface area contributed by atoms with Crippen LogP contribution in [0, 0.1) is 5.92 Å². The monoisotopic (exact) mass is 288 g/mol. The lowest BCUT2D eigenvalue weighted by molar-refractivity contribution is 0.122. The lowest BCUT2D eigenvalue weighted by atomic mass is 9.88. The molecule has 0 unspecified atom stereocenters. The van der Waals surface area contributed by atoms with E-state index >= 15 is 0 Å². The molecule has 0 radical (unpaired) electrons. The van der Waals surface area contributed by atoms with Crippen LogP contribution in [0.3, 0.4) is 0 Å². The second kappa shape index (κ2) is 4.77. The van der Waals surface area contributed by atoms with Crippen molar-refractivity contribution in [3.8, 4) is 28.7 Å². The average Bonchev–Trinajstić information content (AvgIpc) is 2.44. The van der Waals surface area contributed by atoms with Crippen molar-refractivity contribution in [3.63, 3.8) is 0 Å². The summed E-state index contributed by atoms with van der Waals surface area (Å²) in [5.74, 6) is -0.487. The Labute approximate surface area is 121 Å². The van der Waals surface area contributed by atoms with Gasteiger partial charge in [0.15, 0.2) is 17.2 Å². The fourth-order valence-electron chi connectivity index (χ4n) is 2.71. The summed E-state index contributed by atoms with van der Waals surface area (Å²) in [5, 5.41) is 38.2. The van der Waals surface area contributed by atoms with E-state index in [9.17, 15) is 20.4 Å². The Bertz CT molecular complexity index is 672. The molecule has 3 rings (SSSR count). The van der Waals surface area contributed by atoms with Gasteiger partial charge >= 0.3 is 0 Å². The minimum absolute atomic E-state index is 0.116. The first-order chi connectivity index (χ1) is 9.95. The van der Waals surface area contributed by atoms with E-state index in [1.54, 1.807) is 12.1 Å². The maximum absolute atomic E-state index is 9.63. The molecule has 5 heteroatoms. The predicted octanol–water partition coefficient (Wildman–Crippen LogP) is 2.82. The van der Waals surface area contributed by atoms with Gasteiger partial charge in [0.1, 0.15) is 17.6 Å². The second-order valence-electron chi connectivity index (χ2n) is 5.42. The van der Waals surface area contributed by atoms with Crippen LogP contribution < -0.4 is 4.74 Å². The van der Waals surface area contributed by atoms with Gasteiger partial charge in [0, 0.05) is 17.5 Å². The van der Waals surface area contributed by atoms with E-state index in [1.807, 2.05) is 13.0 Å². The summed E-state index contributed by atoms with van der Waals surface area (Å²) < 4.78 is 5.90. The van der Waals surface area contributed by atoms with Crippen LogP contribution in [0.5, 0.6) is 28.7 Å². The maximum Gasteiger partial charge on any atom is 0.200 e. The minimum atomic E-state index is -0.541. The van der Waals surface area contributed by atoms with Gasteiger partial charge in [-0.15, -0.1) is 0 Å². The number of aromatic hydroxyl groups is 4. The fraction of sp³-hybridized carbons (Fsp3) is 0.250. The Kier molecular flexibility index (Phi) is 3.05. The van der Waals surface area contributed by atoms with Gasteiger partial charge in [-0.3, -0.25) is 0 Å². The maximum atomic E-state index is 9.63. The van der Waals surface area contributed by atoms with Crippen LogP contribution in [0.4, 0.5) is 0 Å². The SMILES string of the molecule is C[C@H]1Cc2ccc(O)cc2O[C@@H]1c1cc(O)c(O)c(O)c1. The molecule has 0 saturated heterocycles. The molecule has 0 fully saturated rings. The zero-order valence-electron chi connectivity index (χ0n) is 11.4. The quantitative estimate of drug-likeness (QED) is 0.606. The lowest BCUT2D eigenvalue weighted by Crippen LogP contribution is -2.23. The highest BCUT2D eigenvalue weighted by Crippen LogP contribution is 2.44. The molecule has 110 valence electrons.